The van der Waals surface area contributed by atoms with Crippen LogP contribution in [0.4, 0.5) is 5.69 Å². The number of nitrogens with zero attached hydrogens (tertiary/aromatic N) is 2. The van der Waals surface area contributed by atoms with Crippen LogP contribution in [0.1, 0.15) is 32.1 Å². The number of halogens is 3. The van der Waals surface area contributed by atoms with Crippen molar-refractivity contribution in [2.75, 3.05) is 44.2 Å². The molecule has 2 unspecified atom stereocenters. The topological polar surface area (TPSA) is 35.6 Å². The second kappa shape index (κ2) is 9.21. The van der Waals surface area contributed by atoms with Crippen molar-refractivity contribution in [3.63, 3.8) is 0 Å². The van der Waals surface area contributed by atoms with Crippen LogP contribution in [0.3, 0.4) is 0 Å². The second-order valence-electron chi connectivity index (χ2n) is 9.26. The third-order valence-corrected chi connectivity index (χ3v) is 7.94. The summed E-state index contributed by atoms with van der Waals surface area (Å²) in [6.45, 7) is 5.87. The lowest BCUT2D eigenvalue weighted by molar-refractivity contribution is -0.132. The van der Waals surface area contributed by atoms with E-state index in [1.165, 1.54) is 24.9 Å². The maximum atomic E-state index is 13.0. The molecule has 1 saturated heterocycles. The Bertz CT molecular complexity index is 709. The predicted molar refractivity (Wildman–Crippen MR) is 124 cm³/mol. The van der Waals surface area contributed by atoms with E-state index < -0.39 is 0 Å². The number of hydrogen-bond donors (Lipinski definition) is 1. The highest BCUT2D eigenvalue weighted by Gasteiger charge is 2.61. The van der Waals surface area contributed by atoms with E-state index in [9.17, 15) is 4.79 Å². The van der Waals surface area contributed by atoms with Crippen molar-refractivity contribution in [3.8, 4) is 0 Å². The molecule has 1 amide bonds. The van der Waals surface area contributed by atoms with E-state index in [1.54, 1.807) is 0 Å². The maximum Gasteiger partial charge on any atom is 0.226 e. The second-order valence-corrected chi connectivity index (χ2v) is 9.70. The number of anilines is 1. The van der Waals surface area contributed by atoms with Crippen LogP contribution in [-0.4, -0.2) is 50.1 Å². The molecule has 4 bridgehead atoms. The fourth-order valence-electron chi connectivity index (χ4n) is 6.57. The third-order valence-electron chi connectivity index (χ3n) is 7.70. The van der Waals surface area contributed by atoms with Crippen molar-refractivity contribution in [1.82, 2.24) is 10.2 Å². The molecule has 4 saturated carbocycles. The minimum Gasteiger partial charge on any atom is -0.369 e. The van der Waals surface area contributed by atoms with Crippen LogP contribution < -0.4 is 10.2 Å². The Kier molecular flexibility index (Phi) is 7.31. The highest BCUT2D eigenvalue weighted by Crippen LogP contribution is 2.65. The molecular formula is C22H32Cl3N3O. The van der Waals surface area contributed by atoms with Crippen molar-refractivity contribution < 1.29 is 4.79 Å². The molecule has 1 aromatic rings. The number of rotatable bonds is 5. The van der Waals surface area contributed by atoms with E-state index in [4.69, 9.17) is 11.6 Å². The zero-order valence-electron chi connectivity index (χ0n) is 16.8. The van der Waals surface area contributed by atoms with E-state index >= 15 is 0 Å². The molecule has 5 fully saturated rings. The molecule has 1 heterocycles. The van der Waals surface area contributed by atoms with Crippen molar-refractivity contribution in [2.24, 2.45) is 23.2 Å². The van der Waals surface area contributed by atoms with Gasteiger partial charge in [-0.25, -0.2) is 0 Å². The summed E-state index contributed by atoms with van der Waals surface area (Å²) in [5.74, 6) is 2.73. The molecule has 4 aliphatic carbocycles. The van der Waals surface area contributed by atoms with Gasteiger partial charge in [-0.15, -0.1) is 24.8 Å². The number of amides is 1. The average molecular weight is 461 g/mol. The molecule has 0 radical (unpaired) electrons. The highest BCUT2D eigenvalue weighted by atomic mass is 35.5. The molecule has 0 spiro atoms. The monoisotopic (exact) mass is 459 g/mol. The van der Waals surface area contributed by atoms with Gasteiger partial charge in [-0.1, -0.05) is 17.7 Å². The summed E-state index contributed by atoms with van der Waals surface area (Å²) in [4.78, 5) is 17.8. The summed E-state index contributed by atoms with van der Waals surface area (Å²) in [5, 5.41) is 4.11. The lowest BCUT2D eigenvalue weighted by Gasteiger charge is -2.36. The van der Waals surface area contributed by atoms with Gasteiger partial charge in [0.1, 0.15) is 0 Å². The van der Waals surface area contributed by atoms with Gasteiger partial charge in [-0.3, -0.25) is 9.69 Å². The average Bonchev–Trinajstić information content (AvgIpc) is 3.07. The van der Waals surface area contributed by atoms with Crippen LogP contribution in [0.15, 0.2) is 24.3 Å². The smallest absolute Gasteiger partial charge is 0.226 e. The molecular weight excluding hydrogens is 429 g/mol. The van der Waals surface area contributed by atoms with Crippen molar-refractivity contribution >= 4 is 48.0 Å². The Hall–Kier alpha value is -0.680. The Balaban J connectivity index is 0.00000120. The minimum atomic E-state index is 0. The molecule has 29 heavy (non-hydrogen) atoms. The Morgan fingerprint density at radius 2 is 1.76 bits per heavy atom. The molecule has 1 N–H and O–H groups in total. The predicted octanol–water partition coefficient (Wildman–Crippen LogP) is 4.25. The summed E-state index contributed by atoms with van der Waals surface area (Å²) in [5.41, 5.74) is 1.22. The molecule has 2 atom stereocenters. The van der Waals surface area contributed by atoms with Crippen LogP contribution in [0.25, 0.3) is 0 Å². The quantitative estimate of drug-likeness (QED) is 0.713. The Morgan fingerprint density at radius 3 is 2.41 bits per heavy atom. The lowest BCUT2D eigenvalue weighted by Crippen LogP contribution is -2.50. The molecule has 4 nitrogen and oxygen atoms in total. The molecule has 1 aliphatic heterocycles. The molecule has 5 aliphatic rings. The number of benzene rings is 1. The Morgan fingerprint density at radius 1 is 1.07 bits per heavy atom. The van der Waals surface area contributed by atoms with Crippen LogP contribution in [-0.2, 0) is 4.79 Å². The molecule has 162 valence electrons. The van der Waals surface area contributed by atoms with Crippen LogP contribution in [0.2, 0.25) is 5.02 Å². The van der Waals surface area contributed by atoms with Gasteiger partial charge in [0.15, 0.2) is 0 Å². The summed E-state index contributed by atoms with van der Waals surface area (Å²) >= 11 is 6.12. The summed E-state index contributed by atoms with van der Waals surface area (Å²) in [7, 11) is 0. The van der Waals surface area contributed by atoms with Crippen molar-refractivity contribution in [3.05, 3.63) is 29.3 Å². The lowest BCUT2D eigenvalue weighted by atomic mass is 9.75. The first kappa shape index (κ1) is 23.0. The number of piperazine rings is 1. The van der Waals surface area contributed by atoms with Crippen molar-refractivity contribution in [1.29, 1.82) is 0 Å². The summed E-state index contributed by atoms with van der Waals surface area (Å²) in [6.07, 6.45) is 6.35. The fraction of sp³-hybridized carbons (Fsp3) is 0.682. The summed E-state index contributed by atoms with van der Waals surface area (Å²) in [6, 6.07) is 8.11. The SMILES string of the molecule is Cl.Cl.O=C(NCCN1CCN(c2cccc(Cl)c2)CC1)C12CC3CC(CC1C3)C2. The highest BCUT2D eigenvalue weighted by molar-refractivity contribution is 6.30. The van der Waals surface area contributed by atoms with E-state index in [1.807, 2.05) is 18.2 Å². The molecule has 1 aromatic carbocycles. The molecule has 7 heteroatoms. The maximum absolute atomic E-state index is 13.0. The Labute approximate surface area is 191 Å². The van der Waals surface area contributed by atoms with E-state index in [-0.39, 0.29) is 30.2 Å². The normalized spacial score (nSPS) is 32.6. The third kappa shape index (κ3) is 4.37. The van der Waals surface area contributed by atoms with Gasteiger partial charge in [0.25, 0.3) is 0 Å². The minimum absolute atomic E-state index is 0. The van der Waals surface area contributed by atoms with Crippen molar-refractivity contribution in [2.45, 2.75) is 32.1 Å². The first-order valence-corrected chi connectivity index (χ1v) is 11.0. The summed E-state index contributed by atoms with van der Waals surface area (Å²) < 4.78 is 0. The zero-order valence-corrected chi connectivity index (χ0v) is 19.2. The van der Waals surface area contributed by atoms with Gasteiger partial charge in [0.2, 0.25) is 5.91 Å². The van der Waals surface area contributed by atoms with Gasteiger partial charge in [-0.05, 0) is 68.1 Å². The first-order valence-electron chi connectivity index (χ1n) is 10.6. The number of hydrogen-bond acceptors (Lipinski definition) is 3. The number of carbonyl (C=O) groups is 1. The van der Waals surface area contributed by atoms with E-state index in [0.29, 0.717) is 11.8 Å². The van der Waals surface area contributed by atoms with Crippen LogP contribution in [0, 0.1) is 23.2 Å². The van der Waals surface area contributed by atoms with E-state index in [0.717, 1.165) is 69.0 Å². The van der Waals surface area contributed by atoms with Gasteiger partial charge in [-0.2, -0.15) is 0 Å². The number of nitrogens with one attached hydrogen (secondary N) is 1. The standard InChI is InChI=1S/C22H30ClN3O.2ClH/c23-19-2-1-3-20(13-19)26-8-6-25(7-9-26)5-4-24-21(27)22-14-16-10-17(15-22)12-18(22)11-16;;/h1-3,13,16-18H,4-12,14-15H2,(H,24,27);2*1H. The largest absolute Gasteiger partial charge is 0.369 e. The molecule has 0 aromatic heterocycles. The fourth-order valence-corrected chi connectivity index (χ4v) is 6.76. The first-order chi connectivity index (χ1) is 13.1. The zero-order chi connectivity index (χ0) is 18.4. The number of carbonyl (C=O) groups excluding carboxylic acids is 1. The van der Waals surface area contributed by atoms with Gasteiger partial charge in [0.05, 0.1) is 5.41 Å². The van der Waals surface area contributed by atoms with Gasteiger partial charge in [0, 0.05) is 50.0 Å². The van der Waals surface area contributed by atoms with E-state index in [2.05, 4.69) is 21.2 Å². The van der Waals surface area contributed by atoms with Gasteiger partial charge < -0.3 is 10.2 Å². The van der Waals surface area contributed by atoms with Crippen LogP contribution in [0.5, 0.6) is 0 Å². The van der Waals surface area contributed by atoms with Gasteiger partial charge >= 0.3 is 0 Å². The molecule has 6 rings (SSSR count). The van der Waals surface area contributed by atoms with Crippen LogP contribution >= 0.6 is 36.4 Å².